The Kier molecular flexibility index (Phi) is 6.56. The van der Waals surface area contributed by atoms with Crippen LogP contribution in [-0.4, -0.2) is 109 Å². The number of piperidine rings is 1. The number of rotatable bonds is 7. The molecule has 10 heteroatoms. The molecule has 3 amide bonds. The van der Waals surface area contributed by atoms with Gasteiger partial charge in [0.2, 0.25) is 11.8 Å². The Bertz CT molecular complexity index is 777. The van der Waals surface area contributed by atoms with E-state index in [-0.39, 0.29) is 43.5 Å². The Hall–Kier alpha value is -2.04. The van der Waals surface area contributed by atoms with Crippen LogP contribution in [0.2, 0.25) is 0 Å². The first-order chi connectivity index (χ1) is 15.4. The van der Waals surface area contributed by atoms with Crippen LogP contribution in [0.3, 0.4) is 0 Å². The summed E-state index contributed by atoms with van der Waals surface area (Å²) in [6.45, 7) is 0.480. The smallest absolute Gasteiger partial charge is 0.294 e. The molecule has 0 unspecified atom stereocenters. The molecule has 4 aliphatic rings. The van der Waals surface area contributed by atoms with Gasteiger partial charge in [-0.25, -0.2) is 0 Å². The van der Waals surface area contributed by atoms with E-state index in [1.807, 2.05) is 0 Å². The molecule has 178 valence electrons. The number of hydrogen-bond acceptors (Lipinski definition) is 7. The van der Waals surface area contributed by atoms with Crippen LogP contribution in [0.15, 0.2) is 0 Å². The van der Waals surface area contributed by atoms with Crippen LogP contribution >= 0.6 is 0 Å². The average Bonchev–Trinajstić information content (AvgIpc) is 3.31. The molecule has 4 rings (SSSR count). The summed E-state index contributed by atoms with van der Waals surface area (Å²) in [6, 6.07) is -1.36. The first-order valence-electron chi connectivity index (χ1n) is 11.4. The van der Waals surface area contributed by atoms with Gasteiger partial charge in [0.05, 0.1) is 18.6 Å². The third-order valence-corrected chi connectivity index (χ3v) is 7.69. The molecular weight excluding hydrogens is 418 g/mol. The van der Waals surface area contributed by atoms with Crippen LogP contribution < -0.4 is 0 Å². The Balaban J connectivity index is 1.59. The zero-order chi connectivity index (χ0) is 23.0. The maximum atomic E-state index is 13.5. The van der Waals surface area contributed by atoms with Gasteiger partial charge in [0.1, 0.15) is 18.2 Å². The highest BCUT2D eigenvalue weighted by molar-refractivity contribution is 6.39. The molecule has 3 aliphatic heterocycles. The van der Waals surface area contributed by atoms with E-state index >= 15 is 0 Å². The van der Waals surface area contributed by atoms with E-state index < -0.39 is 29.6 Å². The lowest BCUT2D eigenvalue weighted by molar-refractivity contribution is -0.181. The van der Waals surface area contributed by atoms with Crippen molar-refractivity contribution in [3.8, 4) is 0 Å². The van der Waals surface area contributed by atoms with E-state index in [0.29, 0.717) is 25.7 Å². The number of methoxy groups -OCH3 is 3. The SMILES string of the molecule is COC(CN1C[C@@H]2[C@H]3CCC[C@@H](C(=O)N2CC1=O)N3C(=O)C(=O)C1(OC)CCCC1)OC. The van der Waals surface area contributed by atoms with E-state index in [1.165, 1.54) is 26.2 Å². The molecule has 0 aromatic rings. The fourth-order valence-electron chi connectivity index (χ4n) is 5.88. The molecular formula is C22H33N3O7. The lowest BCUT2D eigenvalue weighted by atomic mass is 9.82. The molecule has 3 atom stereocenters. The molecule has 1 aliphatic carbocycles. The van der Waals surface area contributed by atoms with Gasteiger partial charge in [0.25, 0.3) is 11.7 Å². The van der Waals surface area contributed by atoms with Crippen molar-refractivity contribution in [3.63, 3.8) is 0 Å². The number of carbonyl (C=O) groups excluding carboxylic acids is 4. The van der Waals surface area contributed by atoms with Gasteiger partial charge in [-0.2, -0.15) is 0 Å². The zero-order valence-corrected chi connectivity index (χ0v) is 19.1. The Labute approximate surface area is 188 Å². The van der Waals surface area contributed by atoms with Gasteiger partial charge in [-0.05, 0) is 44.9 Å². The van der Waals surface area contributed by atoms with Crippen molar-refractivity contribution in [2.45, 2.75) is 75.0 Å². The van der Waals surface area contributed by atoms with Crippen LogP contribution in [0.1, 0.15) is 44.9 Å². The third kappa shape index (κ3) is 3.72. The molecule has 4 fully saturated rings. The van der Waals surface area contributed by atoms with Crippen LogP contribution in [0, 0.1) is 0 Å². The second-order valence-corrected chi connectivity index (χ2v) is 9.19. The summed E-state index contributed by atoms with van der Waals surface area (Å²) < 4.78 is 16.0. The lowest BCUT2D eigenvalue weighted by Gasteiger charge is -2.56. The van der Waals surface area contributed by atoms with Crippen molar-refractivity contribution in [1.82, 2.24) is 14.7 Å². The highest BCUT2D eigenvalue weighted by Crippen LogP contribution is 2.39. The van der Waals surface area contributed by atoms with Crippen molar-refractivity contribution in [1.29, 1.82) is 0 Å². The Morgan fingerprint density at radius 2 is 1.72 bits per heavy atom. The van der Waals surface area contributed by atoms with Gasteiger partial charge >= 0.3 is 0 Å². The normalized spacial score (nSPS) is 29.5. The summed E-state index contributed by atoms with van der Waals surface area (Å²) in [6.07, 6.45) is 4.14. The minimum Gasteiger partial charge on any atom is -0.370 e. The highest BCUT2D eigenvalue weighted by atomic mass is 16.7. The monoisotopic (exact) mass is 451 g/mol. The predicted molar refractivity (Wildman–Crippen MR) is 111 cm³/mol. The fraction of sp³-hybridized carbons (Fsp3) is 0.818. The zero-order valence-electron chi connectivity index (χ0n) is 19.1. The molecule has 3 heterocycles. The van der Waals surface area contributed by atoms with E-state index in [1.54, 1.807) is 9.80 Å². The van der Waals surface area contributed by atoms with Gasteiger partial charge in [-0.3, -0.25) is 19.2 Å². The molecule has 1 saturated carbocycles. The Morgan fingerprint density at radius 3 is 2.34 bits per heavy atom. The molecule has 10 nitrogen and oxygen atoms in total. The van der Waals surface area contributed by atoms with Crippen LogP contribution in [0.5, 0.6) is 0 Å². The first kappa shape index (κ1) is 23.1. The molecule has 0 aromatic carbocycles. The maximum absolute atomic E-state index is 13.5. The summed E-state index contributed by atoms with van der Waals surface area (Å²) in [5, 5.41) is 0. The number of amides is 3. The number of hydrogen-bond donors (Lipinski definition) is 0. The molecule has 32 heavy (non-hydrogen) atoms. The van der Waals surface area contributed by atoms with Crippen molar-refractivity contribution >= 4 is 23.5 Å². The van der Waals surface area contributed by atoms with E-state index in [9.17, 15) is 19.2 Å². The van der Waals surface area contributed by atoms with E-state index in [4.69, 9.17) is 14.2 Å². The molecule has 2 bridgehead atoms. The summed E-state index contributed by atoms with van der Waals surface area (Å²) >= 11 is 0. The molecule has 0 aromatic heterocycles. The number of ketones is 1. The van der Waals surface area contributed by atoms with E-state index in [0.717, 1.165) is 19.3 Å². The van der Waals surface area contributed by atoms with Crippen molar-refractivity contribution in [2.24, 2.45) is 0 Å². The number of ether oxygens (including phenoxy) is 3. The predicted octanol–water partition coefficient (Wildman–Crippen LogP) is -0.0637. The van der Waals surface area contributed by atoms with Crippen molar-refractivity contribution in [3.05, 3.63) is 0 Å². The minimum atomic E-state index is -1.08. The average molecular weight is 452 g/mol. The summed E-state index contributed by atoms with van der Waals surface area (Å²) in [4.78, 5) is 57.6. The van der Waals surface area contributed by atoms with Crippen LogP contribution in [0.4, 0.5) is 0 Å². The van der Waals surface area contributed by atoms with Crippen molar-refractivity contribution < 1.29 is 33.4 Å². The highest BCUT2D eigenvalue weighted by Gasteiger charge is 2.56. The minimum absolute atomic E-state index is 0.0331. The van der Waals surface area contributed by atoms with E-state index in [2.05, 4.69) is 0 Å². The van der Waals surface area contributed by atoms with Gasteiger partial charge < -0.3 is 28.9 Å². The number of fused-ring (bicyclic) bond motifs is 4. The standard InChI is InChI=1S/C22H33N3O7/c1-30-18(31-2)13-23-11-16-14-7-6-8-15(20(28)24(16)12-17(23)26)25(14)21(29)19(27)22(32-3)9-4-5-10-22/h14-16,18H,4-13H2,1-3H3/t14-,15+,16-/m1/s1. The van der Waals surface area contributed by atoms with Gasteiger partial charge in [0.15, 0.2) is 6.29 Å². The summed E-state index contributed by atoms with van der Waals surface area (Å²) in [7, 11) is 4.49. The number of piperazine rings is 2. The third-order valence-electron chi connectivity index (χ3n) is 7.69. The topological polar surface area (TPSA) is 106 Å². The second kappa shape index (κ2) is 9.07. The molecule has 3 saturated heterocycles. The molecule has 0 radical (unpaired) electrons. The second-order valence-electron chi connectivity index (χ2n) is 9.19. The number of carbonyl (C=O) groups is 4. The van der Waals surface area contributed by atoms with Crippen molar-refractivity contribution in [2.75, 3.05) is 41.0 Å². The number of Topliss-reactive ketones (excluding diaryl/α,β-unsaturated/α-hetero) is 1. The van der Waals surface area contributed by atoms with Crippen LogP contribution in [0.25, 0.3) is 0 Å². The summed E-state index contributed by atoms with van der Waals surface area (Å²) in [5.74, 6) is -1.58. The maximum Gasteiger partial charge on any atom is 0.294 e. The Morgan fingerprint density at radius 1 is 1.03 bits per heavy atom. The fourth-order valence-corrected chi connectivity index (χ4v) is 5.88. The number of nitrogens with zero attached hydrogens (tertiary/aromatic N) is 3. The summed E-state index contributed by atoms with van der Waals surface area (Å²) in [5.41, 5.74) is -1.08. The quantitative estimate of drug-likeness (QED) is 0.394. The molecule has 0 N–H and O–H groups in total. The van der Waals surface area contributed by atoms with Crippen LogP contribution in [-0.2, 0) is 33.4 Å². The largest absolute Gasteiger partial charge is 0.370 e. The van der Waals surface area contributed by atoms with Gasteiger partial charge in [0, 0.05) is 27.9 Å². The lowest BCUT2D eigenvalue weighted by Crippen LogP contribution is -2.75. The first-order valence-corrected chi connectivity index (χ1v) is 11.4. The van der Waals surface area contributed by atoms with Gasteiger partial charge in [-0.15, -0.1) is 0 Å². The molecule has 0 spiro atoms. The van der Waals surface area contributed by atoms with Gasteiger partial charge in [-0.1, -0.05) is 0 Å².